The Bertz CT molecular complexity index is 1270. The summed E-state index contributed by atoms with van der Waals surface area (Å²) in [5, 5.41) is 7.37. The number of anilines is 2. The summed E-state index contributed by atoms with van der Waals surface area (Å²) in [5.74, 6) is -0.0352. The van der Waals surface area contributed by atoms with Crippen LogP contribution in [0.25, 0.3) is 17.0 Å². The van der Waals surface area contributed by atoms with Gasteiger partial charge in [0.15, 0.2) is 21.5 Å². The Hall–Kier alpha value is -3.40. The third-order valence-corrected chi connectivity index (χ3v) is 4.68. The Labute approximate surface area is 160 Å². The van der Waals surface area contributed by atoms with Crippen molar-refractivity contribution < 1.29 is 12.8 Å². The molecule has 0 fully saturated rings. The van der Waals surface area contributed by atoms with Gasteiger partial charge in [0.05, 0.1) is 23.3 Å². The zero-order valence-electron chi connectivity index (χ0n) is 14.7. The van der Waals surface area contributed by atoms with Crippen molar-refractivity contribution in [3.8, 4) is 11.5 Å². The van der Waals surface area contributed by atoms with Crippen LogP contribution in [0, 0.1) is 5.82 Å². The van der Waals surface area contributed by atoms with E-state index >= 15 is 0 Å². The van der Waals surface area contributed by atoms with Crippen LogP contribution in [0.15, 0.2) is 55.0 Å². The second-order valence-corrected chi connectivity index (χ2v) is 8.33. The molecular formula is C18H15FN6O2S. The van der Waals surface area contributed by atoms with E-state index in [0.717, 1.165) is 12.5 Å². The van der Waals surface area contributed by atoms with Crippen LogP contribution in [0.3, 0.4) is 0 Å². The first-order chi connectivity index (χ1) is 13.4. The van der Waals surface area contributed by atoms with Gasteiger partial charge in [-0.2, -0.15) is 0 Å². The Balaban J connectivity index is 1.79. The van der Waals surface area contributed by atoms with Gasteiger partial charge in [0.2, 0.25) is 5.82 Å². The number of halogens is 1. The van der Waals surface area contributed by atoms with Gasteiger partial charge in [0, 0.05) is 18.6 Å². The second-order valence-electron chi connectivity index (χ2n) is 6.19. The Kier molecular flexibility index (Phi) is 4.47. The van der Waals surface area contributed by atoms with Gasteiger partial charge in [-0.15, -0.1) is 5.10 Å². The molecular weight excluding hydrogens is 383 g/mol. The van der Waals surface area contributed by atoms with E-state index < -0.39 is 15.7 Å². The zero-order chi connectivity index (χ0) is 19.7. The molecule has 0 saturated heterocycles. The first kappa shape index (κ1) is 18.0. The molecule has 28 heavy (non-hydrogen) atoms. The molecule has 0 saturated carbocycles. The van der Waals surface area contributed by atoms with Gasteiger partial charge in [-0.3, -0.25) is 4.98 Å². The van der Waals surface area contributed by atoms with Gasteiger partial charge in [-0.05, 0) is 30.3 Å². The minimum Gasteiger partial charge on any atom is -0.336 e. The monoisotopic (exact) mass is 398 g/mol. The lowest BCUT2D eigenvalue weighted by Gasteiger charge is -2.10. The predicted molar refractivity (Wildman–Crippen MR) is 102 cm³/mol. The van der Waals surface area contributed by atoms with Gasteiger partial charge in [0.25, 0.3) is 0 Å². The van der Waals surface area contributed by atoms with Crippen molar-refractivity contribution in [2.45, 2.75) is 5.75 Å². The number of pyridine rings is 2. The molecule has 0 amide bonds. The second kappa shape index (κ2) is 6.97. The van der Waals surface area contributed by atoms with Crippen LogP contribution < -0.4 is 5.32 Å². The van der Waals surface area contributed by atoms with Crippen molar-refractivity contribution in [1.82, 2.24) is 24.6 Å². The van der Waals surface area contributed by atoms with E-state index in [0.29, 0.717) is 22.7 Å². The number of aromatic nitrogens is 5. The molecule has 10 heteroatoms. The zero-order valence-corrected chi connectivity index (χ0v) is 15.6. The summed E-state index contributed by atoms with van der Waals surface area (Å²) in [6.45, 7) is 0. The molecule has 4 heterocycles. The standard InChI is InChI=1S/C18H15FN6O2S/c1-28(26,27)11-12-4-2-5-15(21-12)17-23-18(16-6-3-9-25(16)24-17)22-14-7-8-20-10-13(14)19/h2-10H,11H2,1H3,(H,20,22,23,24). The van der Waals surface area contributed by atoms with E-state index in [1.807, 2.05) is 0 Å². The molecule has 0 atom stereocenters. The summed E-state index contributed by atoms with van der Waals surface area (Å²) < 4.78 is 38.7. The minimum atomic E-state index is -3.22. The van der Waals surface area contributed by atoms with Crippen LogP contribution in [-0.4, -0.2) is 39.2 Å². The van der Waals surface area contributed by atoms with Gasteiger partial charge < -0.3 is 5.32 Å². The van der Waals surface area contributed by atoms with E-state index in [-0.39, 0.29) is 17.3 Å². The summed E-state index contributed by atoms with van der Waals surface area (Å²) in [4.78, 5) is 12.6. The number of hydrogen-bond acceptors (Lipinski definition) is 7. The van der Waals surface area contributed by atoms with Crippen molar-refractivity contribution in [2.75, 3.05) is 11.6 Å². The fourth-order valence-corrected chi connectivity index (χ4v) is 3.39. The first-order valence-electron chi connectivity index (χ1n) is 8.25. The van der Waals surface area contributed by atoms with Crippen molar-refractivity contribution in [3.63, 3.8) is 0 Å². The lowest BCUT2D eigenvalue weighted by molar-refractivity contribution is 0.600. The van der Waals surface area contributed by atoms with E-state index in [4.69, 9.17) is 0 Å². The molecule has 4 rings (SSSR count). The lowest BCUT2D eigenvalue weighted by atomic mass is 10.3. The number of rotatable bonds is 5. The summed E-state index contributed by atoms with van der Waals surface area (Å²) in [6.07, 6.45) is 5.46. The van der Waals surface area contributed by atoms with Gasteiger partial charge in [0.1, 0.15) is 11.2 Å². The molecule has 0 unspecified atom stereocenters. The average molecular weight is 398 g/mol. The van der Waals surface area contributed by atoms with E-state index in [9.17, 15) is 12.8 Å². The lowest BCUT2D eigenvalue weighted by Crippen LogP contribution is -2.07. The molecule has 0 aliphatic heterocycles. The van der Waals surface area contributed by atoms with Crippen LogP contribution in [0.5, 0.6) is 0 Å². The van der Waals surface area contributed by atoms with E-state index in [1.165, 1.54) is 12.3 Å². The van der Waals surface area contributed by atoms with Gasteiger partial charge >= 0.3 is 0 Å². The Morgan fingerprint density at radius 1 is 1.14 bits per heavy atom. The van der Waals surface area contributed by atoms with Crippen LogP contribution in [0.1, 0.15) is 5.69 Å². The van der Waals surface area contributed by atoms with Crippen molar-refractivity contribution in [2.24, 2.45) is 0 Å². The summed E-state index contributed by atoms with van der Waals surface area (Å²) in [6, 6.07) is 10.1. The van der Waals surface area contributed by atoms with E-state index in [1.54, 1.807) is 41.0 Å². The van der Waals surface area contributed by atoms with Gasteiger partial charge in [-0.25, -0.2) is 27.3 Å². The number of nitrogens with one attached hydrogen (secondary N) is 1. The molecule has 142 valence electrons. The molecule has 1 N–H and O–H groups in total. The molecule has 0 aliphatic rings. The maximum atomic E-state index is 14.0. The average Bonchev–Trinajstić information content (AvgIpc) is 3.11. The van der Waals surface area contributed by atoms with Crippen LogP contribution in [-0.2, 0) is 15.6 Å². The summed E-state index contributed by atoms with van der Waals surface area (Å²) in [7, 11) is -3.22. The smallest absolute Gasteiger partial charge is 0.200 e. The first-order valence-corrected chi connectivity index (χ1v) is 10.3. The molecule has 0 aromatic carbocycles. The fraction of sp³-hybridized carbons (Fsp3) is 0.111. The molecule has 4 aromatic rings. The summed E-state index contributed by atoms with van der Waals surface area (Å²) in [5.41, 5.74) is 1.68. The molecule has 0 radical (unpaired) electrons. The highest BCUT2D eigenvalue weighted by atomic mass is 32.2. The maximum absolute atomic E-state index is 14.0. The molecule has 0 aliphatic carbocycles. The fourth-order valence-electron chi connectivity index (χ4n) is 2.69. The largest absolute Gasteiger partial charge is 0.336 e. The van der Waals surface area contributed by atoms with Crippen LogP contribution >= 0.6 is 0 Å². The highest BCUT2D eigenvalue weighted by Gasteiger charge is 2.14. The number of hydrogen-bond donors (Lipinski definition) is 1. The number of sulfone groups is 1. The Morgan fingerprint density at radius 3 is 2.79 bits per heavy atom. The number of nitrogens with zero attached hydrogens (tertiary/aromatic N) is 5. The highest BCUT2D eigenvalue weighted by molar-refractivity contribution is 7.89. The topological polar surface area (TPSA) is 102 Å². The highest BCUT2D eigenvalue weighted by Crippen LogP contribution is 2.24. The minimum absolute atomic E-state index is 0.181. The predicted octanol–water partition coefficient (Wildman–Crippen LogP) is 2.61. The molecule has 0 bridgehead atoms. The van der Waals surface area contributed by atoms with Crippen molar-refractivity contribution >= 4 is 26.9 Å². The van der Waals surface area contributed by atoms with E-state index in [2.05, 4.69) is 25.4 Å². The molecule has 0 spiro atoms. The van der Waals surface area contributed by atoms with Crippen LogP contribution in [0.2, 0.25) is 0 Å². The van der Waals surface area contributed by atoms with Crippen LogP contribution in [0.4, 0.5) is 15.9 Å². The normalized spacial score (nSPS) is 11.6. The molecule has 8 nitrogen and oxygen atoms in total. The molecule has 4 aromatic heterocycles. The number of fused-ring (bicyclic) bond motifs is 1. The maximum Gasteiger partial charge on any atom is 0.200 e. The van der Waals surface area contributed by atoms with Crippen molar-refractivity contribution in [1.29, 1.82) is 0 Å². The summed E-state index contributed by atoms with van der Waals surface area (Å²) >= 11 is 0. The SMILES string of the molecule is CS(=O)(=O)Cc1cccc(-c2nc(Nc3ccncc3F)c3cccn3n2)n1. The Morgan fingerprint density at radius 2 is 2.00 bits per heavy atom. The third-order valence-electron chi connectivity index (χ3n) is 3.86. The third kappa shape index (κ3) is 3.81. The van der Waals surface area contributed by atoms with Gasteiger partial charge in [-0.1, -0.05) is 6.07 Å². The quantitative estimate of drug-likeness (QED) is 0.551. The van der Waals surface area contributed by atoms with Crippen molar-refractivity contribution in [3.05, 3.63) is 66.5 Å².